The van der Waals surface area contributed by atoms with Gasteiger partial charge in [0, 0.05) is 31.3 Å². The Bertz CT molecular complexity index is 570. The van der Waals surface area contributed by atoms with Gasteiger partial charge in [-0.15, -0.1) is 0 Å². The van der Waals surface area contributed by atoms with Gasteiger partial charge in [-0.3, -0.25) is 4.79 Å². The van der Waals surface area contributed by atoms with Crippen LogP contribution in [0.1, 0.15) is 31.2 Å². The molecule has 4 nitrogen and oxygen atoms in total. The van der Waals surface area contributed by atoms with Crippen molar-refractivity contribution in [3.8, 4) is 0 Å². The van der Waals surface area contributed by atoms with Gasteiger partial charge in [0.05, 0.1) is 5.41 Å². The summed E-state index contributed by atoms with van der Waals surface area (Å²) in [5.74, 6) is 0.774. The predicted molar refractivity (Wildman–Crippen MR) is 96.4 cm³/mol. The van der Waals surface area contributed by atoms with Gasteiger partial charge in [-0.1, -0.05) is 29.8 Å². The molecule has 0 bridgehead atoms. The number of ether oxygens (including phenoxy) is 1. The first-order chi connectivity index (χ1) is 11.7. The first kappa shape index (κ1) is 17.7. The predicted octanol–water partition coefficient (Wildman–Crippen LogP) is 2.85. The molecule has 0 spiro atoms. The number of nitrogens with zero attached hydrogens (tertiary/aromatic N) is 1. The van der Waals surface area contributed by atoms with Crippen LogP contribution in [0.4, 0.5) is 0 Å². The van der Waals surface area contributed by atoms with Crippen molar-refractivity contribution in [3.05, 3.63) is 34.9 Å². The fourth-order valence-electron chi connectivity index (χ4n) is 4.18. The molecule has 1 N–H and O–H groups in total. The van der Waals surface area contributed by atoms with Gasteiger partial charge in [0.1, 0.15) is 0 Å². The van der Waals surface area contributed by atoms with Gasteiger partial charge in [0.25, 0.3) is 0 Å². The molecule has 1 amide bonds. The summed E-state index contributed by atoms with van der Waals surface area (Å²) in [4.78, 5) is 15.6. The lowest BCUT2D eigenvalue weighted by Gasteiger charge is -2.43. The molecule has 24 heavy (non-hydrogen) atoms. The number of hydrogen-bond acceptors (Lipinski definition) is 3. The molecule has 5 heteroatoms. The van der Waals surface area contributed by atoms with Crippen LogP contribution in [-0.4, -0.2) is 50.7 Å². The Morgan fingerprint density at radius 3 is 2.83 bits per heavy atom. The third kappa shape index (κ3) is 3.46. The molecule has 1 aromatic rings. The molecule has 0 aliphatic carbocycles. The van der Waals surface area contributed by atoms with E-state index in [-0.39, 0.29) is 5.91 Å². The minimum absolute atomic E-state index is 0.236. The van der Waals surface area contributed by atoms with Crippen molar-refractivity contribution < 1.29 is 9.53 Å². The van der Waals surface area contributed by atoms with Crippen LogP contribution in [-0.2, 0) is 14.9 Å². The number of benzene rings is 1. The Kier molecular flexibility index (Phi) is 5.80. The molecule has 132 valence electrons. The van der Waals surface area contributed by atoms with E-state index in [2.05, 4.69) is 10.2 Å². The van der Waals surface area contributed by atoms with Gasteiger partial charge >= 0.3 is 0 Å². The van der Waals surface area contributed by atoms with E-state index in [0.717, 1.165) is 31.6 Å². The van der Waals surface area contributed by atoms with E-state index in [1.165, 1.54) is 6.42 Å². The molecule has 3 rings (SSSR count). The average molecular weight is 351 g/mol. The zero-order chi connectivity index (χ0) is 17.0. The van der Waals surface area contributed by atoms with Gasteiger partial charge in [0.2, 0.25) is 5.91 Å². The van der Waals surface area contributed by atoms with E-state index in [0.29, 0.717) is 37.0 Å². The fraction of sp³-hybridized carbons (Fsp3) is 0.632. The molecule has 2 aliphatic heterocycles. The smallest absolute Gasteiger partial charge is 0.233 e. The van der Waals surface area contributed by atoms with Gasteiger partial charge in [-0.05, 0) is 56.8 Å². The summed E-state index contributed by atoms with van der Waals surface area (Å²) in [6, 6.07) is 7.81. The summed E-state index contributed by atoms with van der Waals surface area (Å²) >= 11 is 6.49. The second kappa shape index (κ2) is 7.85. The highest BCUT2D eigenvalue weighted by Gasteiger charge is 2.45. The van der Waals surface area contributed by atoms with Crippen LogP contribution in [0.5, 0.6) is 0 Å². The number of carbonyl (C=O) groups is 1. The summed E-state index contributed by atoms with van der Waals surface area (Å²) in [7, 11) is 1.98. The molecule has 1 atom stereocenters. The highest BCUT2D eigenvalue weighted by atomic mass is 35.5. The number of carbonyl (C=O) groups excluding carboxylic acids is 1. The zero-order valence-corrected chi connectivity index (χ0v) is 15.1. The van der Waals surface area contributed by atoms with E-state index in [9.17, 15) is 4.79 Å². The third-order valence-corrected chi connectivity index (χ3v) is 5.77. The molecule has 2 saturated heterocycles. The van der Waals surface area contributed by atoms with Crippen molar-refractivity contribution in [2.24, 2.45) is 5.92 Å². The van der Waals surface area contributed by atoms with E-state index < -0.39 is 5.41 Å². The lowest BCUT2D eigenvalue weighted by Crippen LogP contribution is -2.53. The Balaban J connectivity index is 1.88. The normalized spacial score (nSPS) is 23.9. The molecular formula is C19H27ClN2O2. The number of amides is 1. The molecule has 1 unspecified atom stereocenters. The van der Waals surface area contributed by atoms with Gasteiger partial charge < -0.3 is 15.0 Å². The average Bonchev–Trinajstić information content (AvgIpc) is 2.62. The van der Waals surface area contributed by atoms with E-state index in [1.807, 2.05) is 31.3 Å². The maximum Gasteiger partial charge on any atom is 0.233 e. The molecule has 2 heterocycles. The Morgan fingerprint density at radius 1 is 1.38 bits per heavy atom. The number of hydrogen-bond donors (Lipinski definition) is 1. The van der Waals surface area contributed by atoms with Gasteiger partial charge in [-0.25, -0.2) is 0 Å². The molecular weight excluding hydrogens is 324 g/mol. The lowest BCUT2D eigenvalue weighted by atomic mass is 9.72. The Hall–Kier alpha value is -1.10. The van der Waals surface area contributed by atoms with Crippen molar-refractivity contribution in [3.63, 3.8) is 0 Å². The quantitative estimate of drug-likeness (QED) is 0.907. The van der Waals surface area contributed by atoms with Gasteiger partial charge in [0.15, 0.2) is 0 Å². The summed E-state index contributed by atoms with van der Waals surface area (Å²) in [5.41, 5.74) is 0.439. The first-order valence-corrected chi connectivity index (χ1v) is 9.32. The van der Waals surface area contributed by atoms with Crippen LogP contribution in [0.2, 0.25) is 5.02 Å². The van der Waals surface area contributed by atoms with Gasteiger partial charge in [-0.2, -0.15) is 0 Å². The maximum atomic E-state index is 13.6. The highest BCUT2D eigenvalue weighted by Crippen LogP contribution is 2.40. The van der Waals surface area contributed by atoms with Crippen molar-refractivity contribution in [2.75, 3.05) is 39.9 Å². The monoisotopic (exact) mass is 350 g/mol. The molecule has 1 aromatic carbocycles. The van der Waals surface area contributed by atoms with Crippen LogP contribution >= 0.6 is 11.6 Å². The molecule has 2 fully saturated rings. The summed E-state index contributed by atoms with van der Waals surface area (Å²) in [5, 5.41) is 3.94. The minimum atomic E-state index is -0.530. The SMILES string of the molecule is CNCC1CCCN(C(=O)C2(c3ccccc3Cl)CCOCC2)C1. The lowest BCUT2D eigenvalue weighted by molar-refractivity contribution is -0.143. The van der Waals surface area contributed by atoms with Crippen LogP contribution < -0.4 is 5.32 Å². The first-order valence-electron chi connectivity index (χ1n) is 8.94. The number of likely N-dealkylation sites (tertiary alicyclic amines) is 1. The highest BCUT2D eigenvalue weighted by molar-refractivity contribution is 6.31. The van der Waals surface area contributed by atoms with Crippen LogP contribution in [0, 0.1) is 5.92 Å². The fourth-order valence-corrected chi connectivity index (χ4v) is 4.49. The number of rotatable bonds is 4. The molecule has 0 radical (unpaired) electrons. The number of halogens is 1. The number of nitrogens with one attached hydrogen (secondary N) is 1. The Morgan fingerprint density at radius 2 is 2.12 bits per heavy atom. The van der Waals surface area contributed by atoms with E-state index in [4.69, 9.17) is 16.3 Å². The summed E-state index contributed by atoms with van der Waals surface area (Å²) in [6.07, 6.45) is 3.69. The summed E-state index contributed by atoms with van der Waals surface area (Å²) in [6.45, 7) is 3.89. The molecule has 2 aliphatic rings. The van der Waals surface area contributed by atoms with Crippen molar-refractivity contribution in [2.45, 2.75) is 31.1 Å². The standard InChI is InChI=1S/C19H27ClN2O2/c1-21-13-15-5-4-10-22(14-15)18(23)19(8-11-24-12-9-19)16-6-2-3-7-17(16)20/h2-3,6-7,15,21H,4-5,8-14H2,1H3. The topological polar surface area (TPSA) is 41.6 Å². The largest absolute Gasteiger partial charge is 0.381 e. The van der Waals surface area contributed by atoms with Crippen LogP contribution in [0.15, 0.2) is 24.3 Å². The van der Waals surface area contributed by atoms with Crippen molar-refractivity contribution in [1.82, 2.24) is 10.2 Å². The van der Waals surface area contributed by atoms with Crippen LogP contribution in [0.25, 0.3) is 0 Å². The zero-order valence-electron chi connectivity index (χ0n) is 14.4. The second-order valence-electron chi connectivity index (χ2n) is 6.99. The minimum Gasteiger partial charge on any atom is -0.381 e. The summed E-state index contributed by atoms with van der Waals surface area (Å²) < 4.78 is 5.56. The van der Waals surface area contributed by atoms with E-state index in [1.54, 1.807) is 0 Å². The molecule has 0 saturated carbocycles. The molecule has 0 aromatic heterocycles. The van der Waals surface area contributed by atoms with Crippen molar-refractivity contribution >= 4 is 17.5 Å². The third-order valence-electron chi connectivity index (χ3n) is 5.44. The van der Waals surface area contributed by atoms with E-state index >= 15 is 0 Å². The Labute approximate surface area is 149 Å². The maximum absolute atomic E-state index is 13.6. The second-order valence-corrected chi connectivity index (χ2v) is 7.40. The van der Waals surface area contributed by atoms with Crippen molar-refractivity contribution in [1.29, 1.82) is 0 Å². The van der Waals surface area contributed by atoms with Crippen LogP contribution in [0.3, 0.4) is 0 Å². The number of piperidine rings is 1.